The van der Waals surface area contributed by atoms with Crippen LogP contribution >= 0.6 is 0 Å². The molecule has 2 aliphatic rings. The number of anilines is 1. The number of nitrogens with zero attached hydrogens (tertiary/aromatic N) is 4. The molecule has 0 saturated carbocycles. The second-order valence-electron chi connectivity index (χ2n) is 6.18. The van der Waals surface area contributed by atoms with E-state index in [0.29, 0.717) is 18.3 Å². The molecule has 0 unspecified atom stereocenters. The normalized spacial score (nSPS) is 21.6. The number of carbonyl (C=O) groups excluding carboxylic acids is 1. The first-order chi connectivity index (χ1) is 10.2. The summed E-state index contributed by atoms with van der Waals surface area (Å²) in [5, 5.41) is 4.07. The molecule has 3 heterocycles. The fourth-order valence-corrected chi connectivity index (χ4v) is 3.47. The smallest absolute Gasteiger partial charge is 0.244 e. The number of nitrogens with two attached hydrogens (primary N) is 1. The van der Waals surface area contributed by atoms with Crippen molar-refractivity contribution in [2.45, 2.75) is 44.7 Å². The zero-order chi connectivity index (χ0) is 14.7. The molecular weight excluding hydrogens is 266 g/mol. The Labute approximate surface area is 125 Å². The SMILES string of the molecule is Nc1cnn(CC(=O)N2CCC(N3CCCCC3)CC2)c1. The zero-order valence-electron chi connectivity index (χ0n) is 12.6. The summed E-state index contributed by atoms with van der Waals surface area (Å²) in [5.41, 5.74) is 6.22. The number of piperidine rings is 2. The average molecular weight is 291 g/mol. The number of rotatable bonds is 3. The highest BCUT2D eigenvalue weighted by Gasteiger charge is 2.27. The Bertz CT molecular complexity index is 472. The highest BCUT2D eigenvalue weighted by Crippen LogP contribution is 2.21. The van der Waals surface area contributed by atoms with E-state index in [-0.39, 0.29) is 5.91 Å². The van der Waals surface area contributed by atoms with Gasteiger partial charge >= 0.3 is 0 Å². The second kappa shape index (κ2) is 6.47. The molecule has 0 aromatic carbocycles. The van der Waals surface area contributed by atoms with Crippen molar-refractivity contribution in [3.63, 3.8) is 0 Å². The lowest BCUT2D eigenvalue weighted by Crippen LogP contribution is -2.48. The maximum Gasteiger partial charge on any atom is 0.244 e. The van der Waals surface area contributed by atoms with E-state index in [1.165, 1.54) is 32.4 Å². The van der Waals surface area contributed by atoms with Crippen molar-refractivity contribution < 1.29 is 4.79 Å². The lowest BCUT2D eigenvalue weighted by Gasteiger charge is -2.40. The van der Waals surface area contributed by atoms with E-state index in [0.717, 1.165) is 25.9 Å². The van der Waals surface area contributed by atoms with Gasteiger partial charge in [0.2, 0.25) is 5.91 Å². The van der Waals surface area contributed by atoms with Crippen LogP contribution in [0.25, 0.3) is 0 Å². The molecule has 0 radical (unpaired) electrons. The fraction of sp³-hybridized carbons (Fsp3) is 0.733. The first-order valence-electron chi connectivity index (χ1n) is 8.02. The van der Waals surface area contributed by atoms with Gasteiger partial charge in [-0.25, -0.2) is 0 Å². The molecule has 1 aromatic heterocycles. The van der Waals surface area contributed by atoms with Gasteiger partial charge in [-0.05, 0) is 38.8 Å². The van der Waals surface area contributed by atoms with Crippen molar-refractivity contribution in [1.82, 2.24) is 19.6 Å². The van der Waals surface area contributed by atoms with E-state index in [2.05, 4.69) is 10.00 Å². The van der Waals surface area contributed by atoms with Crippen LogP contribution in [0.2, 0.25) is 0 Å². The number of amides is 1. The maximum atomic E-state index is 12.3. The quantitative estimate of drug-likeness (QED) is 0.900. The first-order valence-corrected chi connectivity index (χ1v) is 8.02. The molecule has 6 heteroatoms. The van der Waals surface area contributed by atoms with E-state index < -0.39 is 0 Å². The van der Waals surface area contributed by atoms with Crippen LogP contribution in [0.1, 0.15) is 32.1 Å². The average Bonchev–Trinajstić information content (AvgIpc) is 2.93. The van der Waals surface area contributed by atoms with Gasteiger partial charge in [-0.1, -0.05) is 6.42 Å². The number of hydrogen-bond acceptors (Lipinski definition) is 4. The summed E-state index contributed by atoms with van der Waals surface area (Å²) in [6.07, 6.45) is 9.54. The van der Waals surface area contributed by atoms with Gasteiger partial charge in [-0.15, -0.1) is 0 Å². The van der Waals surface area contributed by atoms with Crippen LogP contribution in [-0.2, 0) is 11.3 Å². The van der Waals surface area contributed by atoms with Gasteiger partial charge in [-0.3, -0.25) is 9.48 Å². The number of hydrogen-bond donors (Lipinski definition) is 1. The van der Waals surface area contributed by atoms with Crippen LogP contribution in [0, 0.1) is 0 Å². The molecule has 2 fully saturated rings. The van der Waals surface area contributed by atoms with E-state index in [9.17, 15) is 4.79 Å². The molecule has 0 atom stereocenters. The molecule has 1 amide bonds. The van der Waals surface area contributed by atoms with Gasteiger partial charge < -0.3 is 15.5 Å². The highest BCUT2D eigenvalue weighted by molar-refractivity contribution is 5.76. The lowest BCUT2D eigenvalue weighted by molar-refractivity contribution is -0.133. The minimum atomic E-state index is 0.148. The molecule has 2 N–H and O–H groups in total. The van der Waals surface area contributed by atoms with Gasteiger partial charge in [0.05, 0.1) is 11.9 Å². The summed E-state index contributed by atoms with van der Waals surface area (Å²) >= 11 is 0. The maximum absolute atomic E-state index is 12.3. The fourth-order valence-electron chi connectivity index (χ4n) is 3.47. The second-order valence-corrected chi connectivity index (χ2v) is 6.18. The topological polar surface area (TPSA) is 67.4 Å². The Hall–Kier alpha value is -1.56. The van der Waals surface area contributed by atoms with Crippen molar-refractivity contribution in [3.05, 3.63) is 12.4 Å². The molecule has 3 rings (SSSR count). The zero-order valence-corrected chi connectivity index (χ0v) is 12.6. The summed E-state index contributed by atoms with van der Waals surface area (Å²) < 4.78 is 1.62. The predicted molar refractivity (Wildman–Crippen MR) is 81.7 cm³/mol. The molecule has 2 aliphatic heterocycles. The third-order valence-corrected chi connectivity index (χ3v) is 4.67. The van der Waals surface area contributed by atoms with E-state index in [1.807, 2.05) is 4.90 Å². The van der Waals surface area contributed by atoms with Crippen LogP contribution in [-0.4, -0.2) is 57.7 Å². The van der Waals surface area contributed by atoms with E-state index in [1.54, 1.807) is 17.1 Å². The molecule has 0 bridgehead atoms. The van der Waals surface area contributed by atoms with Gasteiger partial charge in [0, 0.05) is 25.3 Å². The summed E-state index contributed by atoms with van der Waals surface area (Å²) in [7, 11) is 0. The van der Waals surface area contributed by atoms with E-state index >= 15 is 0 Å². The Morgan fingerprint density at radius 2 is 1.90 bits per heavy atom. The third-order valence-electron chi connectivity index (χ3n) is 4.67. The largest absolute Gasteiger partial charge is 0.396 e. The molecule has 1 aromatic rings. The molecule has 0 spiro atoms. The number of aromatic nitrogens is 2. The van der Waals surface area contributed by atoms with Crippen molar-refractivity contribution in [3.8, 4) is 0 Å². The highest BCUT2D eigenvalue weighted by atomic mass is 16.2. The van der Waals surface area contributed by atoms with Crippen LogP contribution in [0.4, 0.5) is 5.69 Å². The van der Waals surface area contributed by atoms with Crippen molar-refractivity contribution in [1.29, 1.82) is 0 Å². The number of likely N-dealkylation sites (tertiary alicyclic amines) is 2. The first kappa shape index (κ1) is 14.4. The Kier molecular flexibility index (Phi) is 4.43. The third kappa shape index (κ3) is 3.56. The molecule has 0 aliphatic carbocycles. The van der Waals surface area contributed by atoms with Crippen molar-refractivity contribution >= 4 is 11.6 Å². The van der Waals surface area contributed by atoms with E-state index in [4.69, 9.17) is 5.73 Å². The van der Waals surface area contributed by atoms with Crippen LogP contribution in [0.5, 0.6) is 0 Å². The molecule has 116 valence electrons. The summed E-state index contributed by atoms with van der Waals surface area (Å²) in [4.78, 5) is 16.9. The Morgan fingerprint density at radius 3 is 2.52 bits per heavy atom. The predicted octanol–water partition coefficient (Wildman–Crippen LogP) is 0.942. The minimum absolute atomic E-state index is 0.148. The molecule has 2 saturated heterocycles. The van der Waals surface area contributed by atoms with Crippen LogP contribution in [0.15, 0.2) is 12.4 Å². The summed E-state index contributed by atoms with van der Waals surface area (Å²) in [5.74, 6) is 0.148. The Morgan fingerprint density at radius 1 is 1.19 bits per heavy atom. The molecular formula is C15H25N5O. The minimum Gasteiger partial charge on any atom is -0.396 e. The van der Waals surface area contributed by atoms with Crippen LogP contribution in [0.3, 0.4) is 0 Å². The molecule has 6 nitrogen and oxygen atoms in total. The Balaban J connectivity index is 1.47. The molecule has 21 heavy (non-hydrogen) atoms. The lowest BCUT2D eigenvalue weighted by atomic mass is 10.00. The van der Waals surface area contributed by atoms with Crippen LogP contribution < -0.4 is 5.73 Å². The number of nitrogen functional groups attached to an aromatic ring is 1. The standard InChI is InChI=1S/C15H25N5O/c16-13-10-17-20(11-13)12-15(21)19-8-4-14(5-9-19)18-6-2-1-3-7-18/h10-11,14H,1-9,12,16H2. The van der Waals surface area contributed by atoms with Gasteiger partial charge in [0.1, 0.15) is 6.54 Å². The van der Waals surface area contributed by atoms with Crippen molar-refractivity contribution in [2.24, 2.45) is 0 Å². The number of carbonyl (C=O) groups is 1. The summed E-state index contributed by atoms with van der Waals surface area (Å²) in [6.45, 7) is 4.52. The van der Waals surface area contributed by atoms with Gasteiger partial charge in [-0.2, -0.15) is 5.10 Å². The van der Waals surface area contributed by atoms with Crippen molar-refractivity contribution in [2.75, 3.05) is 31.9 Å². The van der Waals surface area contributed by atoms with Gasteiger partial charge in [0.25, 0.3) is 0 Å². The van der Waals surface area contributed by atoms with Gasteiger partial charge in [0.15, 0.2) is 0 Å². The monoisotopic (exact) mass is 291 g/mol. The summed E-state index contributed by atoms with van der Waals surface area (Å²) in [6, 6.07) is 0.676.